The van der Waals surface area contributed by atoms with Crippen molar-refractivity contribution in [2.75, 3.05) is 6.54 Å². The fourth-order valence-electron chi connectivity index (χ4n) is 1.78. The molecule has 2 nitrogen and oxygen atoms in total. The predicted octanol–water partition coefficient (Wildman–Crippen LogP) is 1.77. The van der Waals surface area contributed by atoms with Crippen molar-refractivity contribution in [2.45, 2.75) is 18.8 Å². The average Bonchev–Trinajstić information content (AvgIpc) is 2.53. The van der Waals surface area contributed by atoms with Crippen LogP contribution in [0.3, 0.4) is 0 Å². The molecule has 0 fully saturated rings. The lowest BCUT2D eigenvalue weighted by Gasteiger charge is -2.03. The Kier molecular flexibility index (Phi) is 1.77. The summed E-state index contributed by atoms with van der Waals surface area (Å²) in [7, 11) is 0. The molecule has 11 heavy (non-hydrogen) atoms. The van der Waals surface area contributed by atoms with Gasteiger partial charge in [-0.1, -0.05) is 0 Å². The van der Waals surface area contributed by atoms with E-state index in [1.807, 2.05) is 0 Å². The number of nitrogens with one attached hydrogen (secondary N) is 1. The largest absolute Gasteiger partial charge is 0.356 e. The first-order chi connectivity index (χ1) is 5.33. The van der Waals surface area contributed by atoms with Gasteiger partial charge in [0.05, 0.1) is 4.60 Å². The van der Waals surface area contributed by atoms with E-state index in [1.54, 1.807) is 0 Å². The number of rotatable bonds is 1. The molecule has 2 rings (SSSR count). The molecule has 3 heteroatoms. The molecular weight excluding hydrogens is 204 g/mol. The molecule has 1 aliphatic rings. The maximum Gasteiger partial charge on any atom is 0.0855 e. The Morgan fingerprint density at radius 2 is 2.55 bits per heavy atom. The van der Waals surface area contributed by atoms with Gasteiger partial charge in [0.1, 0.15) is 0 Å². The smallest absolute Gasteiger partial charge is 0.0855 e. The zero-order chi connectivity index (χ0) is 7.84. The van der Waals surface area contributed by atoms with Gasteiger partial charge in [0, 0.05) is 6.20 Å². The summed E-state index contributed by atoms with van der Waals surface area (Å²) in [5.41, 5.74) is 8.48. The molecule has 0 spiro atoms. The SMILES string of the molecule is NCC1CCc2c1c[nH]c2Br. The number of hydrogen-bond donors (Lipinski definition) is 2. The summed E-state index contributed by atoms with van der Waals surface area (Å²) in [5.74, 6) is 0.590. The number of aromatic amines is 1. The lowest BCUT2D eigenvalue weighted by molar-refractivity contribution is 0.684. The molecular formula is C8H11BrN2. The maximum absolute atomic E-state index is 5.63. The van der Waals surface area contributed by atoms with Crippen LogP contribution in [0.1, 0.15) is 23.5 Å². The van der Waals surface area contributed by atoms with Gasteiger partial charge in [-0.25, -0.2) is 0 Å². The van der Waals surface area contributed by atoms with E-state index in [2.05, 4.69) is 27.1 Å². The van der Waals surface area contributed by atoms with E-state index in [-0.39, 0.29) is 0 Å². The van der Waals surface area contributed by atoms with E-state index in [9.17, 15) is 0 Å². The monoisotopic (exact) mass is 214 g/mol. The second-order valence-electron chi connectivity index (χ2n) is 3.01. The van der Waals surface area contributed by atoms with Gasteiger partial charge in [0.15, 0.2) is 0 Å². The Bertz CT molecular complexity index is 267. The molecule has 0 amide bonds. The molecule has 0 bridgehead atoms. The molecule has 1 heterocycles. The fraction of sp³-hybridized carbons (Fsp3) is 0.500. The van der Waals surface area contributed by atoms with Crippen LogP contribution in [0.5, 0.6) is 0 Å². The fourth-order valence-corrected chi connectivity index (χ4v) is 2.32. The van der Waals surface area contributed by atoms with Crippen LogP contribution in [-0.4, -0.2) is 11.5 Å². The van der Waals surface area contributed by atoms with E-state index in [1.165, 1.54) is 24.0 Å². The summed E-state index contributed by atoms with van der Waals surface area (Å²) in [6.45, 7) is 0.775. The van der Waals surface area contributed by atoms with Crippen LogP contribution in [0, 0.1) is 0 Å². The Morgan fingerprint density at radius 3 is 3.27 bits per heavy atom. The topological polar surface area (TPSA) is 41.8 Å². The van der Waals surface area contributed by atoms with Crippen molar-refractivity contribution >= 4 is 15.9 Å². The van der Waals surface area contributed by atoms with Crippen LogP contribution < -0.4 is 5.73 Å². The van der Waals surface area contributed by atoms with Crippen molar-refractivity contribution in [1.82, 2.24) is 4.98 Å². The first-order valence-electron chi connectivity index (χ1n) is 3.88. The molecule has 1 aliphatic carbocycles. The van der Waals surface area contributed by atoms with Gasteiger partial charge >= 0.3 is 0 Å². The van der Waals surface area contributed by atoms with Gasteiger partial charge in [0.2, 0.25) is 0 Å². The minimum absolute atomic E-state index is 0.590. The summed E-state index contributed by atoms with van der Waals surface area (Å²) >= 11 is 3.48. The zero-order valence-electron chi connectivity index (χ0n) is 6.23. The zero-order valence-corrected chi connectivity index (χ0v) is 7.82. The second kappa shape index (κ2) is 2.64. The Morgan fingerprint density at radius 1 is 1.73 bits per heavy atom. The summed E-state index contributed by atoms with van der Waals surface area (Å²) < 4.78 is 1.14. The van der Waals surface area contributed by atoms with E-state index in [0.29, 0.717) is 5.92 Å². The normalized spacial score (nSPS) is 22.2. The Labute approximate surface area is 74.3 Å². The van der Waals surface area contributed by atoms with Crippen LogP contribution in [0.25, 0.3) is 0 Å². The third-order valence-electron chi connectivity index (χ3n) is 2.43. The highest BCUT2D eigenvalue weighted by molar-refractivity contribution is 9.10. The van der Waals surface area contributed by atoms with Crippen LogP contribution >= 0.6 is 15.9 Å². The van der Waals surface area contributed by atoms with Crippen LogP contribution in [0.15, 0.2) is 10.8 Å². The molecule has 0 aliphatic heterocycles. The number of fused-ring (bicyclic) bond motifs is 1. The highest BCUT2D eigenvalue weighted by atomic mass is 79.9. The van der Waals surface area contributed by atoms with Crippen molar-refractivity contribution < 1.29 is 0 Å². The highest BCUT2D eigenvalue weighted by Gasteiger charge is 2.23. The summed E-state index contributed by atoms with van der Waals surface area (Å²) in [6.07, 6.45) is 4.46. The second-order valence-corrected chi connectivity index (χ2v) is 3.80. The number of hydrogen-bond acceptors (Lipinski definition) is 1. The molecule has 1 aromatic rings. The highest BCUT2D eigenvalue weighted by Crippen LogP contribution is 2.36. The first kappa shape index (κ1) is 7.37. The van der Waals surface area contributed by atoms with E-state index >= 15 is 0 Å². The quantitative estimate of drug-likeness (QED) is 0.736. The van der Waals surface area contributed by atoms with Gasteiger partial charge in [0.25, 0.3) is 0 Å². The molecule has 0 radical (unpaired) electrons. The molecule has 1 atom stereocenters. The third kappa shape index (κ3) is 1.03. The number of halogens is 1. The lowest BCUT2D eigenvalue weighted by Crippen LogP contribution is -2.08. The van der Waals surface area contributed by atoms with E-state index in [0.717, 1.165) is 11.1 Å². The van der Waals surface area contributed by atoms with Crippen molar-refractivity contribution in [3.63, 3.8) is 0 Å². The molecule has 0 saturated heterocycles. The molecule has 0 aromatic carbocycles. The standard InChI is InChI=1S/C8H11BrN2/c9-8-6-2-1-5(3-10)7(6)4-11-8/h4-5,11H,1-3,10H2. The molecule has 1 unspecified atom stereocenters. The van der Waals surface area contributed by atoms with Crippen molar-refractivity contribution in [3.05, 3.63) is 21.9 Å². The Balaban J connectivity index is 2.40. The van der Waals surface area contributed by atoms with Crippen molar-refractivity contribution in [1.29, 1.82) is 0 Å². The predicted molar refractivity (Wildman–Crippen MR) is 48.6 cm³/mol. The maximum atomic E-state index is 5.63. The Hall–Kier alpha value is -0.280. The summed E-state index contributed by atoms with van der Waals surface area (Å²) in [5, 5.41) is 0. The van der Waals surface area contributed by atoms with Crippen LogP contribution in [0.4, 0.5) is 0 Å². The summed E-state index contributed by atoms with van der Waals surface area (Å²) in [6, 6.07) is 0. The minimum atomic E-state index is 0.590. The van der Waals surface area contributed by atoms with Gasteiger partial charge in [-0.3, -0.25) is 0 Å². The van der Waals surface area contributed by atoms with Gasteiger partial charge < -0.3 is 10.7 Å². The molecule has 3 N–H and O–H groups in total. The molecule has 0 saturated carbocycles. The number of aromatic nitrogens is 1. The van der Waals surface area contributed by atoms with E-state index < -0.39 is 0 Å². The van der Waals surface area contributed by atoms with Gasteiger partial charge in [-0.2, -0.15) is 0 Å². The number of H-pyrrole nitrogens is 1. The van der Waals surface area contributed by atoms with Crippen molar-refractivity contribution in [2.24, 2.45) is 5.73 Å². The average molecular weight is 215 g/mol. The van der Waals surface area contributed by atoms with Crippen LogP contribution in [0.2, 0.25) is 0 Å². The van der Waals surface area contributed by atoms with Crippen LogP contribution in [-0.2, 0) is 6.42 Å². The third-order valence-corrected chi connectivity index (χ3v) is 3.14. The first-order valence-corrected chi connectivity index (χ1v) is 4.68. The minimum Gasteiger partial charge on any atom is -0.356 e. The number of nitrogens with two attached hydrogens (primary N) is 1. The molecule has 1 aromatic heterocycles. The van der Waals surface area contributed by atoms with Gasteiger partial charge in [-0.05, 0) is 52.4 Å². The molecule has 60 valence electrons. The summed E-state index contributed by atoms with van der Waals surface area (Å²) in [4.78, 5) is 3.16. The lowest BCUT2D eigenvalue weighted by atomic mass is 10.1. The van der Waals surface area contributed by atoms with Crippen molar-refractivity contribution in [3.8, 4) is 0 Å². The van der Waals surface area contributed by atoms with Gasteiger partial charge in [-0.15, -0.1) is 0 Å². The van der Waals surface area contributed by atoms with E-state index in [4.69, 9.17) is 5.73 Å².